The molecule has 1 saturated heterocycles. The summed E-state index contributed by atoms with van der Waals surface area (Å²) in [6, 6.07) is 5.26. The van der Waals surface area contributed by atoms with E-state index in [0.29, 0.717) is 18.8 Å². The lowest BCUT2D eigenvalue weighted by molar-refractivity contribution is -0.140. The van der Waals surface area contributed by atoms with Crippen LogP contribution in [-0.2, 0) is 14.3 Å². The third-order valence-electron chi connectivity index (χ3n) is 4.82. The minimum atomic E-state index is -0.881. The summed E-state index contributed by atoms with van der Waals surface area (Å²) >= 11 is 12.4. The van der Waals surface area contributed by atoms with Crippen LogP contribution in [0.3, 0.4) is 0 Å². The predicted molar refractivity (Wildman–Crippen MR) is 116 cm³/mol. The standard InChI is InChI=1S/C22H23Cl2NO6/c1-12(2)30-9-5-7-25-18(16-6-4-8-31-16)17(20(27)22(25)28)19(26)13-10-14(23)21(29-3)15(24)11-13/h4,6,8,10-12,18,26H,5,7,9H2,1-3H3/b19-17-. The Kier molecular flexibility index (Phi) is 7.30. The van der Waals surface area contributed by atoms with E-state index >= 15 is 0 Å². The number of ketones is 1. The fraction of sp³-hybridized carbons (Fsp3) is 0.364. The number of furan rings is 1. The topological polar surface area (TPSA) is 89.2 Å². The number of likely N-dealkylation sites (tertiary alicyclic amines) is 1. The molecule has 1 aliphatic rings. The summed E-state index contributed by atoms with van der Waals surface area (Å²) in [4.78, 5) is 27.1. The summed E-state index contributed by atoms with van der Waals surface area (Å²) in [5.74, 6) is -1.33. The number of benzene rings is 1. The first kappa shape index (κ1) is 23.2. The molecule has 0 saturated carbocycles. The van der Waals surface area contributed by atoms with E-state index in [-0.39, 0.29) is 39.6 Å². The van der Waals surface area contributed by atoms with Crippen LogP contribution in [0.25, 0.3) is 5.76 Å². The van der Waals surface area contributed by atoms with E-state index in [2.05, 4.69) is 0 Å². The molecule has 0 bridgehead atoms. The molecule has 9 heteroatoms. The largest absolute Gasteiger partial charge is 0.507 e. The Labute approximate surface area is 190 Å². The number of nitrogens with zero attached hydrogens (tertiary/aromatic N) is 1. The Morgan fingerprint density at radius 3 is 2.48 bits per heavy atom. The molecule has 7 nitrogen and oxygen atoms in total. The molecule has 2 aromatic rings. The molecule has 1 amide bonds. The Morgan fingerprint density at radius 2 is 1.94 bits per heavy atom. The second kappa shape index (κ2) is 9.77. The van der Waals surface area contributed by atoms with Crippen molar-refractivity contribution in [2.75, 3.05) is 20.3 Å². The van der Waals surface area contributed by atoms with Gasteiger partial charge >= 0.3 is 0 Å². The van der Waals surface area contributed by atoms with Crippen LogP contribution in [0.1, 0.15) is 37.6 Å². The van der Waals surface area contributed by atoms with Crippen molar-refractivity contribution in [2.45, 2.75) is 32.4 Å². The third-order valence-corrected chi connectivity index (χ3v) is 5.38. The Balaban J connectivity index is 2.03. The van der Waals surface area contributed by atoms with Crippen LogP contribution in [0, 0.1) is 0 Å². The second-order valence-corrected chi connectivity index (χ2v) is 8.07. The molecular weight excluding hydrogens is 445 g/mol. The zero-order valence-corrected chi connectivity index (χ0v) is 18.9. The highest BCUT2D eigenvalue weighted by Gasteiger charge is 2.47. The molecule has 1 atom stereocenters. The van der Waals surface area contributed by atoms with Gasteiger partial charge in [0.1, 0.15) is 17.6 Å². The Bertz CT molecular complexity index is 976. The molecule has 0 radical (unpaired) electrons. The fourth-order valence-electron chi connectivity index (χ4n) is 3.45. The summed E-state index contributed by atoms with van der Waals surface area (Å²) in [7, 11) is 1.41. The van der Waals surface area contributed by atoms with Gasteiger partial charge in [-0.05, 0) is 44.5 Å². The molecule has 0 aliphatic carbocycles. The summed E-state index contributed by atoms with van der Waals surface area (Å²) in [6.45, 7) is 4.51. The predicted octanol–water partition coefficient (Wildman–Crippen LogP) is 4.83. The number of carbonyl (C=O) groups excluding carboxylic acids is 2. The number of hydrogen-bond donors (Lipinski definition) is 1. The minimum absolute atomic E-state index is 0.0563. The molecule has 1 aliphatic heterocycles. The van der Waals surface area contributed by atoms with Crippen LogP contribution in [0.15, 0.2) is 40.5 Å². The zero-order valence-electron chi connectivity index (χ0n) is 17.4. The number of hydrogen-bond acceptors (Lipinski definition) is 6. The molecule has 2 heterocycles. The number of aliphatic hydroxyl groups is 1. The smallest absolute Gasteiger partial charge is 0.295 e. The van der Waals surface area contributed by atoms with E-state index < -0.39 is 23.5 Å². The third kappa shape index (κ3) is 4.74. The van der Waals surface area contributed by atoms with Crippen LogP contribution < -0.4 is 4.74 Å². The van der Waals surface area contributed by atoms with Crippen molar-refractivity contribution in [3.63, 3.8) is 0 Å². The van der Waals surface area contributed by atoms with Gasteiger partial charge in [-0.25, -0.2) is 0 Å². The summed E-state index contributed by atoms with van der Waals surface area (Å²) < 4.78 is 16.2. The highest BCUT2D eigenvalue weighted by Crippen LogP contribution is 2.42. The number of ether oxygens (including phenoxy) is 2. The highest BCUT2D eigenvalue weighted by atomic mass is 35.5. The second-order valence-electron chi connectivity index (χ2n) is 7.25. The molecule has 1 N–H and O–H groups in total. The monoisotopic (exact) mass is 467 g/mol. The highest BCUT2D eigenvalue weighted by molar-refractivity contribution is 6.46. The van der Waals surface area contributed by atoms with Gasteiger partial charge in [0.25, 0.3) is 11.7 Å². The summed E-state index contributed by atoms with van der Waals surface area (Å²) in [5, 5.41) is 11.3. The van der Waals surface area contributed by atoms with Gasteiger partial charge in [0.2, 0.25) is 0 Å². The van der Waals surface area contributed by atoms with Gasteiger partial charge in [-0.3, -0.25) is 9.59 Å². The number of Topliss-reactive ketones (excluding diaryl/α,β-unsaturated/α-hetero) is 1. The lowest BCUT2D eigenvalue weighted by atomic mass is 9.99. The molecule has 1 aromatic carbocycles. The van der Waals surface area contributed by atoms with Crippen molar-refractivity contribution < 1.29 is 28.6 Å². The van der Waals surface area contributed by atoms with E-state index in [1.807, 2.05) is 13.8 Å². The first-order chi connectivity index (χ1) is 14.8. The fourth-order valence-corrected chi connectivity index (χ4v) is 4.10. The molecule has 0 spiro atoms. The van der Waals surface area contributed by atoms with Gasteiger partial charge in [0, 0.05) is 18.7 Å². The maximum Gasteiger partial charge on any atom is 0.295 e. The van der Waals surface area contributed by atoms with Gasteiger partial charge in [0.15, 0.2) is 5.75 Å². The number of aliphatic hydroxyl groups excluding tert-OH is 1. The lowest BCUT2D eigenvalue weighted by Gasteiger charge is -2.23. The van der Waals surface area contributed by atoms with Crippen LogP contribution in [0.4, 0.5) is 0 Å². The van der Waals surface area contributed by atoms with Gasteiger partial charge in [0.05, 0.1) is 35.1 Å². The van der Waals surface area contributed by atoms with E-state index in [0.717, 1.165) is 0 Å². The van der Waals surface area contributed by atoms with Crippen molar-refractivity contribution in [3.8, 4) is 5.75 Å². The van der Waals surface area contributed by atoms with Crippen LogP contribution in [0.2, 0.25) is 10.0 Å². The quantitative estimate of drug-likeness (QED) is 0.258. The van der Waals surface area contributed by atoms with Crippen molar-refractivity contribution in [1.29, 1.82) is 0 Å². The molecule has 3 rings (SSSR count). The molecule has 1 aromatic heterocycles. The zero-order chi connectivity index (χ0) is 22.7. The first-order valence-corrected chi connectivity index (χ1v) is 10.5. The van der Waals surface area contributed by atoms with Crippen molar-refractivity contribution in [3.05, 3.63) is 57.5 Å². The Hall–Kier alpha value is -2.48. The Morgan fingerprint density at radius 1 is 1.26 bits per heavy atom. The molecular formula is C22H23Cl2NO6. The minimum Gasteiger partial charge on any atom is -0.507 e. The number of methoxy groups -OCH3 is 1. The van der Waals surface area contributed by atoms with Gasteiger partial charge in [-0.15, -0.1) is 0 Å². The maximum absolute atomic E-state index is 12.9. The SMILES string of the molecule is COc1c(Cl)cc(/C(O)=C2/C(=O)C(=O)N(CCCOC(C)C)C2c2ccco2)cc1Cl. The average Bonchev–Trinajstić information content (AvgIpc) is 3.32. The van der Waals surface area contributed by atoms with E-state index in [4.69, 9.17) is 37.1 Å². The number of amides is 1. The summed E-state index contributed by atoms with van der Waals surface area (Å²) in [5.41, 5.74) is 0.0931. The van der Waals surface area contributed by atoms with Gasteiger partial charge in [-0.1, -0.05) is 23.2 Å². The van der Waals surface area contributed by atoms with E-state index in [9.17, 15) is 14.7 Å². The van der Waals surface area contributed by atoms with Crippen LogP contribution in [0.5, 0.6) is 5.75 Å². The van der Waals surface area contributed by atoms with Gasteiger partial charge in [-0.2, -0.15) is 0 Å². The van der Waals surface area contributed by atoms with Crippen molar-refractivity contribution in [1.82, 2.24) is 4.90 Å². The summed E-state index contributed by atoms with van der Waals surface area (Å²) in [6.07, 6.45) is 2.02. The van der Waals surface area contributed by atoms with E-state index in [1.165, 1.54) is 30.4 Å². The van der Waals surface area contributed by atoms with E-state index in [1.54, 1.807) is 12.1 Å². The number of carbonyl (C=O) groups is 2. The maximum atomic E-state index is 12.9. The average molecular weight is 468 g/mol. The van der Waals surface area contributed by atoms with Crippen LogP contribution >= 0.6 is 23.2 Å². The van der Waals surface area contributed by atoms with Gasteiger partial charge < -0.3 is 23.9 Å². The molecule has 31 heavy (non-hydrogen) atoms. The van der Waals surface area contributed by atoms with Crippen molar-refractivity contribution in [2.24, 2.45) is 0 Å². The first-order valence-electron chi connectivity index (χ1n) is 9.73. The van der Waals surface area contributed by atoms with Crippen molar-refractivity contribution >= 4 is 40.7 Å². The number of rotatable bonds is 8. The lowest BCUT2D eigenvalue weighted by Crippen LogP contribution is -2.31. The van der Waals surface area contributed by atoms with Crippen LogP contribution in [-0.4, -0.2) is 48.1 Å². The number of halogens is 2. The molecule has 1 fully saturated rings. The normalized spacial score (nSPS) is 18.3. The molecule has 1 unspecified atom stereocenters. The molecule has 166 valence electrons.